The summed E-state index contributed by atoms with van der Waals surface area (Å²) in [5, 5.41) is 3.36. The fraction of sp³-hybridized carbons (Fsp3) is 0.250. The average molecular weight is 268 g/mol. The summed E-state index contributed by atoms with van der Waals surface area (Å²) in [5.41, 5.74) is 7.33. The van der Waals surface area contributed by atoms with Gasteiger partial charge in [0, 0.05) is 30.1 Å². The third kappa shape index (κ3) is 4.00. The largest absolute Gasteiger partial charge is 0.397 e. The summed E-state index contributed by atoms with van der Waals surface area (Å²) in [6.07, 6.45) is 2.59. The summed E-state index contributed by atoms with van der Waals surface area (Å²) in [7, 11) is 0. The number of hydrogen-bond acceptors (Lipinski definition) is 4. The van der Waals surface area contributed by atoms with Crippen molar-refractivity contribution < 1.29 is 0 Å². The normalized spacial score (nSPS) is 10.6. The van der Waals surface area contributed by atoms with Gasteiger partial charge in [-0.2, -0.15) is 0 Å². The van der Waals surface area contributed by atoms with Gasteiger partial charge in [0.2, 0.25) is 0 Å². The second-order valence-corrected chi connectivity index (χ2v) is 5.52. The van der Waals surface area contributed by atoms with Gasteiger partial charge in [0.1, 0.15) is 0 Å². The highest BCUT2D eigenvalue weighted by molar-refractivity contribution is 7.16. The Bertz CT molecular complexity index is 467. The summed E-state index contributed by atoms with van der Waals surface area (Å²) >= 11 is 7.46. The van der Waals surface area contributed by atoms with E-state index in [9.17, 15) is 0 Å². The van der Waals surface area contributed by atoms with Crippen LogP contribution >= 0.6 is 22.9 Å². The number of nitrogen functional groups attached to an aromatic ring is 1. The number of anilines is 1. The first-order chi connectivity index (χ1) is 8.24. The molecule has 0 radical (unpaired) electrons. The molecule has 2 aromatic heterocycles. The van der Waals surface area contributed by atoms with Crippen LogP contribution in [0.4, 0.5) is 5.69 Å². The molecule has 0 saturated heterocycles. The molecule has 0 aliphatic carbocycles. The van der Waals surface area contributed by atoms with Gasteiger partial charge in [0.15, 0.2) is 0 Å². The molecule has 17 heavy (non-hydrogen) atoms. The maximum absolute atomic E-state index is 5.85. The molecule has 90 valence electrons. The van der Waals surface area contributed by atoms with E-state index in [2.05, 4.69) is 10.3 Å². The Kier molecular flexibility index (Phi) is 4.36. The van der Waals surface area contributed by atoms with E-state index in [1.165, 1.54) is 4.88 Å². The summed E-state index contributed by atoms with van der Waals surface area (Å²) in [6.45, 7) is 1.75. The van der Waals surface area contributed by atoms with Crippen molar-refractivity contribution >= 4 is 28.6 Å². The lowest BCUT2D eigenvalue weighted by atomic mass is 10.2. The monoisotopic (exact) mass is 267 g/mol. The van der Waals surface area contributed by atoms with Gasteiger partial charge in [-0.1, -0.05) is 11.6 Å². The molecule has 0 unspecified atom stereocenters. The third-order valence-electron chi connectivity index (χ3n) is 2.33. The van der Waals surface area contributed by atoms with Crippen LogP contribution in [-0.2, 0) is 13.0 Å². The van der Waals surface area contributed by atoms with Gasteiger partial charge in [-0.25, -0.2) is 0 Å². The van der Waals surface area contributed by atoms with E-state index in [0.717, 1.165) is 29.5 Å². The van der Waals surface area contributed by atoms with Crippen molar-refractivity contribution in [2.75, 3.05) is 12.3 Å². The fourth-order valence-electron chi connectivity index (χ4n) is 1.46. The number of rotatable bonds is 5. The van der Waals surface area contributed by atoms with Crippen molar-refractivity contribution in [1.29, 1.82) is 0 Å². The lowest BCUT2D eigenvalue weighted by Gasteiger charge is -2.03. The molecule has 0 atom stereocenters. The Balaban J connectivity index is 1.71. The molecule has 2 heterocycles. The molecule has 5 heteroatoms. The Labute approximate surface area is 110 Å². The molecule has 0 aromatic carbocycles. The summed E-state index contributed by atoms with van der Waals surface area (Å²) in [5.74, 6) is 0. The zero-order chi connectivity index (χ0) is 12.1. The zero-order valence-electron chi connectivity index (χ0n) is 9.32. The molecule has 0 amide bonds. The van der Waals surface area contributed by atoms with Crippen LogP contribution in [0.15, 0.2) is 30.5 Å². The SMILES string of the molecule is Nc1ccc(CCNCc2ccc(Cl)s2)nc1. The second kappa shape index (κ2) is 6.00. The summed E-state index contributed by atoms with van der Waals surface area (Å²) in [6, 6.07) is 7.80. The topological polar surface area (TPSA) is 50.9 Å². The average Bonchev–Trinajstić information content (AvgIpc) is 2.73. The van der Waals surface area contributed by atoms with Gasteiger partial charge in [-0.3, -0.25) is 4.98 Å². The van der Waals surface area contributed by atoms with Crippen molar-refractivity contribution in [3.8, 4) is 0 Å². The van der Waals surface area contributed by atoms with Gasteiger partial charge in [-0.05, 0) is 24.3 Å². The predicted octanol–water partition coefficient (Wildman–Crippen LogP) is 2.71. The maximum atomic E-state index is 5.85. The van der Waals surface area contributed by atoms with Crippen LogP contribution in [0.5, 0.6) is 0 Å². The Morgan fingerprint density at radius 3 is 2.82 bits per heavy atom. The molecule has 0 fully saturated rings. The molecule has 0 saturated carbocycles. The number of nitrogens with two attached hydrogens (primary N) is 1. The van der Waals surface area contributed by atoms with E-state index in [1.54, 1.807) is 17.5 Å². The van der Waals surface area contributed by atoms with E-state index in [1.807, 2.05) is 24.3 Å². The minimum Gasteiger partial charge on any atom is -0.397 e. The van der Waals surface area contributed by atoms with E-state index < -0.39 is 0 Å². The Morgan fingerprint density at radius 1 is 1.29 bits per heavy atom. The van der Waals surface area contributed by atoms with Crippen LogP contribution in [0.1, 0.15) is 10.6 Å². The highest BCUT2D eigenvalue weighted by Crippen LogP contribution is 2.20. The van der Waals surface area contributed by atoms with Crippen LogP contribution in [0.25, 0.3) is 0 Å². The molecule has 0 bridgehead atoms. The van der Waals surface area contributed by atoms with Gasteiger partial charge in [0.25, 0.3) is 0 Å². The molecule has 3 nitrogen and oxygen atoms in total. The smallest absolute Gasteiger partial charge is 0.0931 e. The molecule has 3 N–H and O–H groups in total. The van der Waals surface area contributed by atoms with E-state index in [0.29, 0.717) is 5.69 Å². The number of halogens is 1. The Morgan fingerprint density at radius 2 is 2.18 bits per heavy atom. The van der Waals surface area contributed by atoms with Gasteiger partial charge < -0.3 is 11.1 Å². The third-order valence-corrected chi connectivity index (χ3v) is 3.56. The summed E-state index contributed by atoms with van der Waals surface area (Å²) in [4.78, 5) is 5.49. The van der Waals surface area contributed by atoms with Gasteiger partial charge in [0.05, 0.1) is 16.2 Å². The lowest BCUT2D eigenvalue weighted by molar-refractivity contribution is 0.686. The first-order valence-corrected chi connectivity index (χ1v) is 6.59. The van der Waals surface area contributed by atoms with Crippen molar-refractivity contribution in [3.05, 3.63) is 45.4 Å². The number of pyridine rings is 1. The van der Waals surface area contributed by atoms with Crippen LogP contribution in [0, 0.1) is 0 Å². The van der Waals surface area contributed by atoms with Crippen molar-refractivity contribution in [3.63, 3.8) is 0 Å². The van der Waals surface area contributed by atoms with E-state index in [-0.39, 0.29) is 0 Å². The highest BCUT2D eigenvalue weighted by Gasteiger charge is 1.98. The zero-order valence-corrected chi connectivity index (χ0v) is 10.9. The van der Waals surface area contributed by atoms with Crippen LogP contribution in [-0.4, -0.2) is 11.5 Å². The molecule has 2 rings (SSSR count). The predicted molar refractivity (Wildman–Crippen MR) is 73.4 cm³/mol. The first-order valence-electron chi connectivity index (χ1n) is 5.39. The number of aromatic nitrogens is 1. The minimum absolute atomic E-state index is 0.704. The van der Waals surface area contributed by atoms with Gasteiger partial charge in [-0.15, -0.1) is 11.3 Å². The van der Waals surface area contributed by atoms with E-state index >= 15 is 0 Å². The van der Waals surface area contributed by atoms with E-state index in [4.69, 9.17) is 17.3 Å². The number of nitrogens with one attached hydrogen (secondary N) is 1. The molecular formula is C12H14ClN3S. The van der Waals surface area contributed by atoms with Crippen molar-refractivity contribution in [2.45, 2.75) is 13.0 Å². The number of thiophene rings is 1. The lowest BCUT2D eigenvalue weighted by Crippen LogP contribution is -2.16. The molecular weight excluding hydrogens is 254 g/mol. The van der Waals surface area contributed by atoms with Gasteiger partial charge >= 0.3 is 0 Å². The number of nitrogens with zero attached hydrogens (tertiary/aromatic N) is 1. The summed E-state index contributed by atoms with van der Waals surface area (Å²) < 4.78 is 0.835. The standard InChI is InChI=1S/C12H14ClN3S/c13-12-4-3-11(17-12)8-15-6-5-10-2-1-9(14)7-16-10/h1-4,7,15H,5-6,8,14H2. The minimum atomic E-state index is 0.704. The molecule has 2 aromatic rings. The fourth-order valence-corrected chi connectivity index (χ4v) is 2.52. The molecule has 0 aliphatic heterocycles. The second-order valence-electron chi connectivity index (χ2n) is 3.72. The molecule has 0 aliphatic rings. The Hall–Kier alpha value is -1.10. The molecule has 0 spiro atoms. The van der Waals surface area contributed by atoms with Crippen molar-refractivity contribution in [1.82, 2.24) is 10.3 Å². The maximum Gasteiger partial charge on any atom is 0.0931 e. The van der Waals surface area contributed by atoms with Crippen molar-refractivity contribution in [2.24, 2.45) is 0 Å². The quantitative estimate of drug-likeness (QED) is 0.819. The highest BCUT2D eigenvalue weighted by atomic mass is 35.5. The van der Waals surface area contributed by atoms with Crippen LogP contribution in [0.3, 0.4) is 0 Å². The van der Waals surface area contributed by atoms with Crippen LogP contribution < -0.4 is 11.1 Å². The van der Waals surface area contributed by atoms with Crippen LogP contribution in [0.2, 0.25) is 4.34 Å². The first kappa shape index (κ1) is 12.4. The number of hydrogen-bond donors (Lipinski definition) is 2.